The van der Waals surface area contributed by atoms with Crippen LogP contribution in [0.15, 0.2) is 0 Å². The van der Waals surface area contributed by atoms with Crippen LogP contribution < -0.4 is 0 Å². The molecule has 0 aromatic rings. The molecule has 0 aliphatic carbocycles. The standard InChI is InChI=1S/C36H86O11Si8/c1-48(2,3)37-25-27-29(31(43-51(10,11)12)34(46-54(19,20)21)36(40-27)47-55(22,23)24)41-35-33(45-53(16,17)18)32(44-52(13,14)15)30(42-50(7,8)9)28(39-35)26-38-49(4,5)6/h27-36H,25-26H2,1-24H3/t27-,28-,29-,30-,31+,32+,33-,34?,35+,36-/m0/s1. The molecule has 0 amide bonds. The lowest BCUT2D eigenvalue weighted by atomic mass is 9.97. The van der Waals surface area contributed by atoms with Crippen molar-refractivity contribution in [2.24, 2.45) is 0 Å². The zero-order chi connectivity index (χ0) is 43.0. The van der Waals surface area contributed by atoms with E-state index in [1.807, 2.05) is 0 Å². The van der Waals surface area contributed by atoms with Crippen LogP contribution in [0.2, 0.25) is 157 Å². The number of hydrogen-bond acceptors (Lipinski definition) is 11. The summed E-state index contributed by atoms with van der Waals surface area (Å²) in [5.41, 5.74) is 0. The van der Waals surface area contributed by atoms with Crippen molar-refractivity contribution in [1.82, 2.24) is 0 Å². The molecule has 10 atom stereocenters. The maximum atomic E-state index is 7.46. The van der Waals surface area contributed by atoms with E-state index in [-0.39, 0.29) is 0 Å². The van der Waals surface area contributed by atoms with E-state index < -0.39 is 128 Å². The van der Waals surface area contributed by atoms with Gasteiger partial charge in [-0.25, -0.2) is 0 Å². The van der Waals surface area contributed by atoms with Gasteiger partial charge in [0.05, 0.1) is 13.2 Å². The van der Waals surface area contributed by atoms with Gasteiger partial charge in [0.1, 0.15) is 48.8 Å². The van der Waals surface area contributed by atoms with Crippen LogP contribution in [0.4, 0.5) is 0 Å². The molecule has 0 bridgehead atoms. The highest BCUT2D eigenvalue weighted by Crippen LogP contribution is 2.39. The first-order valence-corrected chi connectivity index (χ1v) is 47.8. The van der Waals surface area contributed by atoms with Crippen molar-refractivity contribution in [1.29, 1.82) is 0 Å². The van der Waals surface area contributed by atoms with Gasteiger partial charge in [0.15, 0.2) is 79.1 Å². The predicted octanol–water partition coefficient (Wildman–Crippen LogP) is 9.48. The van der Waals surface area contributed by atoms with Crippen LogP contribution in [-0.2, 0) is 49.6 Å². The third-order valence-electron chi connectivity index (χ3n) is 7.75. The van der Waals surface area contributed by atoms with Gasteiger partial charge in [0, 0.05) is 0 Å². The van der Waals surface area contributed by atoms with Crippen LogP contribution in [0.3, 0.4) is 0 Å². The van der Waals surface area contributed by atoms with Gasteiger partial charge in [-0.15, -0.1) is 0 Å². The van der Waals surface area contributed by atoms with Gasteiger partial charge in [-0.1, -0.05) is 0 Å². The van der Waals surface area contributed by atoms with Gasteiger partial charge in [-0.05, 0) is 157 Å². The van der Waals surface area contributed by atoms with Crippen molar-refractivity contribution in [3.8, 4) is 0 Å². The lowest BCUT2D eigenvalue weighted by Gasteiger charge is -2.54. The Bertz CT molecular complexity index is 1180. The quantitative estimate of drug-likeness (QED) is 0.109. The molecule has 1 unspecified atom stereocenters. The predicted molar refractivity (Wildman–Crippen MR) is 246 cm³/mol. The summed E-state index contributed by atoms with van der Waals surface area (Å²) >= 11 is 0. The third kappa shape index (κ3) is 20.6. The number of ether oxygens (including phenoxy) is 3. The van der Waals surface area contributed by atoms with E-state index in [2.05, 4.69) is 157 Å². The minimum atomic E-state index is -2.23. The Morgan fingerprint density at radius 2 is 0.564 bits per heavy atom. The maximum absolute atomic E-state index is 7.46. The molecule has 55 heavy (non-hydrogen) atoms. The zero-order valence-corrected chi connectivity index (χ0v) is 47.7. The van der Waals surface area contributed by atoms with E-state index >= 15 is 0 Å². The molecule has 2 heterocycles. The second kappa shape index (κ2) is 19.1. The molecular weight excluding hydrogens is 833 g/mol. The Hall–Kier alpha value is 1.30. The fourth-order valence-corrected chi connectivity index (χ4v) is 13.9. The van der Waals surface area contributed by atoms with E-state index in [0.717, 1.165) is 0 Å². The minimum absolute atomic E-state index is 0.321. The molecule has 328 valence electrons. The summed E-state index contributed by atoms with van der Waals surface area (Å²) < 4.78 is 77.4. The largest absolute Gasteiger partial charge is 0.415 e. The first-order chi connectivity index (χ1) is 24.2. The summed E-state index contributed by atoms with van der Waals surface area (Å²) in [7, 11) is -17.0. The maximum Gasteiger partial charge on any atom is 0.187 e. The average molecular weight is 920 g/mol. The Labute approximate surface area is 346 Å². The first kappa shape index (κ1) is 52.4. The van der Waals surface area contributed by atoms with Crippen molar-refractivity contribution >= 4 is 66.5 Å². The minimum Gasteiger partial charge on any atom is -0.415 e. The van der Waals surface area contributed by atoms with Gasteiger partial charge < -0.3 is 49.6 Å². The van der Waals surface area contributed by atoms with Crippen LogP contribution in [0.1, 0.15) is 0 Å². The summed E-state index contributed by atoms with van der Waals surface area (Å²) in [5.74, 6) is 0. The lowest BCUT2D eigenvalue weighted by Crippen LogP contribution is -2.70. The number of rotatable bonds is 20. The molecule has 2 rings (SSSR count). The summed E-state index contributed by atoms with van der Waals surface area (Å²) in [6.07, 6.45) is -5.61. The summed E-state index contributed by atoms with van der Waals surface area (Å²) in [5, 5.41) is 0. The second-order valence-electron chi connectivity index (χ2n) is 23.2. The molecule has 2 aliphatic heterocycles. The Morgan fingerprint density at radius 1 is 0.291 bits per heavy atom. The van der Waals surface area contributed by atoms with Gasteiger partial charge in [-0.2, -0.15) is 0 Å². The molecule has 0 aromatic carbocycles. The highest BCUT2D eigenvalue weighted by atomic mass is 28.4. The topological polar surface area (TPSA) is 102 Å². The van der Waals surface area contributed by atoms with E-state index in [1.54, 1.807) is 0 Å². The van der Waals surface area contributed by atoms with Crippen molar-refractivity contribution < 1.29 is 49.6 Å². The Kier molecular flexibility index (Phi) is 18.2. The van der Waals surface area contributed by atoms with Gasteiger partial charge in [0.25, 0.3) is 0 Å². The molecule has 0 spiro atoms. The summed E-state index contributed by atoms with van der Waals surface area (Å²) in [4.78, 5) is 0. The molecule has 0 radical (unpaired) electrons. The molecular formula is C36H86O11Si8. The van der Waals surface area contributed by atoms with Crippen LogP contribution in [0, 0.1) is 0 Å². The molecule has 19 heteroatoms. The van der Waals surface area contributed by atoms with Crippen molar-refractivity contribution in [3.63, 3.8) is 0 Å². The fourth-order valence-electron chi connectivity index (χ4n) is 6.26. The normalized spacial score (nSPS) is 31.2. The van der Waals surface area contributed by atoms with Gasteiger partial charge in [-0.3, -0.25) is 0 Å². The fraction of sp³-hybridized carbons (Fsp3) is 1.00. The van der Waals surface area contributed by atoms with E-state index in [1.165, 1.54) is 0 Å². The van der Waals surface area contributed by atoms with E-state index in [9.17, 15) is 0 Å². The molecule has 0 aromatic heterocycles. The average Bonchev–Trinajstić information content (AvgIpc) is 2.88. The lowest BCUT2D eigenvalue weighted by molar-refractivity contribution is -0.344. The zero-order valence-electron chi connectivity index (χ0n) is 39.7. The molecule has 0 N–H and O–H groups in total. The number of hydrogen-bond donors (Lipinski definition) is 0. The Balaban J connectivity index is 2.93. The van der Waals surface area contributed by atoms with Crippen molar-refractivity contribution in [3.05, 3.63) is 0 Å². The molecule has 2 saturated heterocycles. The van der Waals surface area contributed by atoms with E-state index in [0.29, 0.717) is 13.2 Å². The van der Waals surface area contributed by atoms with Gasteiger partial charge in [0.2, 0.25) is 0 Å². The highest BCUT2D eigenvalue weighted by Gasteiger charge is 2.57. The van der Waals surface area contributed by atoms with Crippen LogP contribution in [0.25, 0.3) is 0 Å². The molecule has 2 fully saturated rings. The first-order valence-electron chi connectivity index (χ1n) is 20.5. The van der Waals surface area contributed by atoms with Crippen LogP contribution in [-0.4, -0.2) is 141 Å². The monoisotopic (exact) mass is 918 g/mol. The van der Waals surface area contributed by atoms with Crippen LogP contribution >= 0.6 is 0 Å². The Morgan fingerprint density at radius 3 is 0.909 bits per heavy atom. The summed E-state index contributed by atoms with van der Waals surface area (Å²) in [6.45, 7) is 53.5. The highest BCUT2D eigenvalue weighted by molar-refractivity contribution is 6.72. The van der Waals surface area contributed by atoms with Gasteiger partial charge >= 0.3 is 0 Å². The SMILES string of the molecule is C[Si](C)(C)OC[C@@H]1O[C@H](O[C@H]2[C@H](CO[Si](C)(C)C)O[C@@H](O[Si](C)(C)C)C(O[Si](C)(C)C)[C@@H]2O[Si](C)(C)C)[C@@H](O[Si](C)(C)C)[C@H](O[Si](C)(C)C)[C@H]1O[Si](C)(C)C. The van der Waals surface area contributed by atoms with Crippen LogP contribution in [0.5, 0.6) is 0 Å². The van der Waals surface area contributed by atoms with Crippen molar-refractivity contribution in [2.45, 2.75) is 219 Å². The second-order valence-corrected chi connectivity index (χ2v) is 59.0. The third-order valence-corrected chi connectivity index (χ3v) is 15.7. The molecule has 2 aliphatic rings. The summed E-state index contributed by atoms with van der Waals surface area (Å²) in [6, 6.07) is 0. The van der Waals surface area contributed by atoms with Crippen molar-refractivity contribution in [2.75, 3.05) is 13.2 Å². The van der Waals surface area contributed by atoms with E-state index in [4.69, 9.17) is 49.6 Å². The smallest absolute Gasteiger partial charge is 0.187 e. The molecule has 0 saturated carbocycles. The molecule has 11 nitrogen and oxygen atoms in total.